The zero-order valence-electron chi connectivity index (χ0n) is 8.22. The van der Waals surface area contributed by atoms with E-state index in [4.69, 9.17) is 0 Å². The molecular weight excluding hydrogens is 184 g/mol. The average Bonchev–Trinajstić information content (AvgIpc) is 2.45. The van der Waals surface area contributed by atoms with Crippen LogP contribution < -0.4 is 0 Å². The fourth-order valence-electron chi connectivity index (χ4n) is 1.90. The number of hydrogen-bond donors (Lipinski definition) is 2. The summed E-state index contributed by atoms with van der Waals surface area (Å²) >= 11 is 0. The molecule has 80 valence electrons. The molecule has 0 spiro atoms. The summed E-state index contributed by atoms with van der Waals surface area (Å²) in [6.45, 7) is 3.57. The van der Waals surface area contributed by atoms with Crippen molar-refractivity contribution in [1.82, 2.24) is 0 Å². The molecule has 0 aromatic carbocycles. The molecule has 0 radical (unpaired) electrons. The molecule has 0 aliphatic heterocycles. The quantitative estimate of drug-likeness (QED) is 0.500. The third-order valence-corrected chi connectivity index (χ3v) is 2.81. The van der Waals surface area contributed by atoms with Gasteiger partial charge in [0, 0.05) is 5.92 Å². The molecule has 0 aromatic heterocycles. The highest BCUT2D eigenvalue weighted by Crippen LogP contribution is 2.34. The number of rotatable bonds is 3. The molecule has 4 nitrogen and oxygen atoms in total. The average molecular weight is 200 g/mol. The van der Waals surface area contributed by atoms with Crippen molar-refractivity contribution in [2.24, 2.45) is 11.8 Å². The van der Waals surface area contributed by atoms with Crippen LogP contribution in [0.5, 0.6) is 0 Å². The van der Waals surface area contributed by atoms with Crippen LogP contribution in [0.15, 0.2) is 12.7 Å². The Morgan fingerprint density at radius 1 is 1.57 bits per heavy atom. The predicted molar refractivity (Wildman–Crippen MR) is 50.4 cm³/mol. The molecule has 14 heavy (non-hydrogen) atoms. The first-order chi connectivity index (χ1) is 6.60. The van der Waals surface area contributed by atoms with E-state index in [0.717, 1.165) is 0 Å². The van der Waals surface area contributed by atoms with Crippen molar-refractivity contribution in [2.45, 2.75) is 25.0 Å². The van der Waals surface area contributed by atoms with Crippen LogP contribution in [0.4, 0.5) is 0 Å². The molecule has 0 heterocycles. The second-order valence-electron chi connectivity index (χ2n) is 3.66. The number of hydrogen-bond acceptors (Lipinski definition) is 4. The van der Waals surface area contributed by atoms with E-state index in [9.17, 15) is 15.0 Å². The van der Waals surface area contributed by atoms with Gasteiger partial charge in [-0.25, -0.2) is 0 Å². The highest BCUT2D eigenvalue weighted by Gasteiger charge is 2.40. The fourth-order valence-corrected chi connectivity index (χ4v) is 1.90. The topological polar surface area (TPSA) is 66.8 Å². The Labute approximate surface area is 83.2 Å². The second kappa shape index (κ2) is 4.57. The molecule has 2 N–H and O–H groups in total. The van der Waals surface area contributed by atoms with Crippen LogP contribution in [0.3, 0.4) is 0 Å². The van der Waals surface area contributed by atoms with Crippen molar-refractivity contribution in [1.29, 1.82) is 0 Å². The molecule has 1 saturated carbocycles. The number of aliphatic hydroxyl groups excluding tert-OH is 2. The predicted octanol–water partition coefficient (Wildman–Crippen LogP) is 0.0934. The van der Waals surface area contributed by atoms with Gasteiger partial charge in [-0.2, -0.15) is 0 Å². The molecule has 1 rings (SSSR count). The Hall–Kier alpha value is -0.870. The Kier molecular flexibility index (Phi) is 3.66. The van der Waals surface area contributed by atoms with Crippen molar-refractivity contribution in [3.63, 3.8) is 0 Å². The van der Waals surface area contributed by atoms with E-state index in [0.29, 0.717) is 6.42 Å². The Morgan fingerprint density at radius 2 is 2.21 bits per heavy atom. The van der Waals surface area contributed by atoms with E-state index in [2.05, 4.69) is 11.3 Å². The normalized spacial score (nSPS) is 36.8. The minimum absolute atomic E-state index is 0.125. The van der Waals surface area contributed by atoms with Gasteiger partial charge in [-0.3, -0.25) is 4.79 Å². The zero-order valence-corrected chi connectivity index (χ0v) is 8.22. The Bertz CT molecular complexity index is 226. The van der Waals surface area contributed by atoms with Gasteiger partial charge in [-0.1, -0.05) is 6.08 Å². The van der Waals surface area contributed by atoms with E-state index in [1.807, 2.05) is 0 Å². The van der Waals surface area contributed by atoms with Gasteiger partial charge < -0.3 is 14.9 Å². The van der Waals surface area contributed by atoms with E-state index in [-0.39, 0.29) is 24.2 Å². The van der Waals surface area contributed by atoms with E-state index in [1.54, 1.807) is 6.08 Å². The summed E-state index contributed by atoms with van der Waals surface area (Å²) in [7, 11) is 1.31. The molecule has 0 amide bonds. The number of carbonyl (C=O) groups is 1. The third-order valence-electron chi connectivity index (χ3n) is 2.81. The minimum atomic E-state index is -0.850. The Morgan fingerprint density at radius 3 is 2.64 bits per heavy atom. The largest absolute Gasteiger partial charge is 0.469 e. The molecule has 1 aliphatic carbocycles. The summed E-state index contributed by atoms with van der Waals surface area (Å²) < 4.78 is 4.51. The van der Waals surface area contributed by atoms with Crippen LogP contribution >= 0.6 is 0 Å². The van der Waals surface area contributed by atoms with Gasteiger partial charge in [0.2, 0.25) is 0 Å². The lowest BCUT2D eigenvalue weighted by Crippen LogP contribution is -2.28. The summed E-state index contributed by atoms with van der Waals surface area (Å²) in [5.74, 6) is -0.703. The highest BCUT2D eigenvalue weighted by molar-refractivity contribution is 5.69. The van der Waals surface area contributed by atoms with Crippen LogP contribution in [0.25, 0.3) is 0 Å². The SMILES string of the molecule is C=CC1CC(CC(=O)OC)C(O)C1O. The fraction of sp³-hybridized carbons (Fsp3) is 0.700. The molecule has 0 bridgehead atoms. The third kappa shape index (κ3) is 2.13. The maximum Gasteiger partial charge on any atom is 0.305 e. The minimum Gasteiger partial charge on any atom is -0.469 e. The number of carbonyl (C=O) groups excluding carboxylic acids is 1. The monoisotopic (exact) mass is 200 g/mol. The van der Waals surface area contributed by atoms with Gasteiger partial charge in [-0.05, 0) is 12.3 Å². The van der Waals surface area contributed by atoms with Crippen molar-refractivity contribution < 1.29 is 19.7 Å². The molecule has 1 aliphatic rings. The van der Waals surface area contributed by atoms with Crippen LogP contribution in [0, 0.1) is 11.8 Å². The highest BCUT2D eigenvalue weighted by atomic mass is 16.5. The molecular formula is C10H16O4. The van der Waals surface area contributed by atoms with Crippen molar-refractivity contribution >= 4 is 5.97 Å². The van der Waals surface area contributed by atoms with Crippen molar-refractivity contribution in [3.05, 3.63) is 12.7 Å². The van der Waals surface area contributed by atoms with Crippen molar-refractivity contribution in [3.8, 4) is 0 Å². The molecule has 4 heteroatoms. The van der Waals surface area contributed by atoms with Gasteiger partial charge in [0.05, 0.1) is 25.7 Å². The molecule has 0 saturated heterocycles. The first kappa shape index (κ1) is 11.2. The standard InChI is InChI=1S/C10H16O4/c1-3-6-4-7(5-8(11)14-2)10(13)9(6)12/h3,6-7,9-10,12-13H,1,4-5H2,2H3. The summed E-state index contributed by atoms with van der Waals surface area (Å²) in [5, 5.41) is 19.1. The zero-order chi connectivity index (χ0) is 10.7. The van der Waals surface area contributed by atoms with Crippen molar-refractivity contribution in [2.75, 3.05) is 7.11 Å². The summed E-state index contributed by atoms with van der Waals surface area (Å²) in [6.07, 6.45) is 0.699. The number of aliphatic hydroxyl groups is 2. The summed E-state index contributed by atoms with van der Waals surface area (Å²) in [4.78, 5) is 11.0. The number of esters is 1. The molecule has 4 unspecified atom stereocenters. The van der Waals surface area contributed by atoms with Gasteiger partial charge in [0.1, 0.15) is 0 Å². The van der Waals surface area contributed by atoms with E-state index >= 15 is 0 Å². The van der Waals surface area contributed by atoms with Gasteiger partial charge in [-0.15, -0.1) is 6.58 Å². The second-order valence-corrected chi connectivity index (χ2v) is 3.66. The van der Waals surface area contributed by atoms with Crippen LogP contribution in [-0.4, -0.2) is 35.5 Å². The van der Waals surface area contributed by atoms with Crippen LogP contribution in [0.1, 0.15) is 12.8 Å². The van der Waals surface area contributed by atoms with Gasteiger partial charge >= 0.3 is 5.97 Å². The molecule has 0 aromatic rings. The first-order valence-electron chi connectivity index (χ1n) is 4.65. The smallest absolute Gasteiger partial charge is 0.305 e. The summed E-state index contributed by atoms with van der Waals surface area (Å²) in [6, 6.07) is 0. The van der Waals surface area contributed by atoms with Crippen LogP contribution in [0.2, 0.25) is 0 Å². The maximum absolute atomic E-state index is 11.0. The number of methoxy groups -OCH3 is 1. The van der Waals surface area contributed by atoms with E-state index < -0.39 is 12.2 Å². The van der Waals surface area contributed by atoms with Gasteiger partial charge in [0.25, 0.3) is 0 Å². The lowest BCUT2D eigenvalue weighted by molar-refractivity contribution is -0.142. The first-order valence-corrected chi connectivity index (χ1v) is 4.65. The summed E-state index contributed by atoms with van der Waals surface area (Å²) in [5.41, 5.74) is 0. The maximum atomic E-state index is 11.0. The van der Waals surface area contributed by atoms with Crippen LogP contribution in [-0.2, 0) is 9.53 Å². The molecule has 1 fully saturated rings. The Balaban J connectivity index is 2.56. The lowest BCUT2D eigenvalue weighted by atomic mass is 10.0. The molecule has 4 atom stereocenters. The lowest BCUT2D eigenvalue weighted by Gasteiger charge is -2.15. The van der Waals surface area contributed by atoms with E-state index in [1.165, 1.54) is 7.11 Å². The van der Waals surface area contributed by atoms with Gasteiger partial charge in [0.15, 0.2) is 0 Å². The number of ether oxygens (including phenoxy) is 1.